The van der Waals surface area contributed by atoms with Gasteiger partial charge in [-0.3, -0.25) is 9.59 Å². The molecule has 0 spiro atoms. The van der Waals surface area contributed by atoms with Crippen LogP contribution >= 0.6 is 23.2 Å². The Morgan fingerprint density at radius 1 is 1.26 bits per heavy atom. The molecule has 0 aliphatic heterocycles. The van der Waals surface area contributed by atoms with Gasteiger partial charge in [0.1, 0.15) is 0 Å². The van der Waals surface area contributed by atoms with Crippen molar-refractivity contribution in [1.29, 1.82) is 0 Å². The second kappa shape index (κ2) is 7.33. The Kier molecular flexibility index (Phi) is 6.08. The number of nitrogens with two attached hydrogens (primary N) is 1. The van der Waals surface area contributed by atoms with Gasteiger partial charge in [0.25, 0.3) is 11.8 Å². The molecule has 1 rings (SSSR count). The van der Waals surface area contributed by atoms with Gasteiger partial charge in [-0.1, -0.05) is 23.2 Å². The number of hydrogen-bond acceptors (Lipinski definition) is 2. The first-order valence-electron chi connectivity index (χ1n) is 5.73. The van der Waals surface area contributed by atoms with E-state index in [9.17, 15) is 9.59 Å². The maximum absolute atomic E-state index is 11.9. The minimum absolute atomic E-state index is 0.134. The molecular formula is C12H16Cl2N3O2+. The van der Waals surface area contributed by atoms with Crippen molar-refractivity contribution >= 4 is 40.7 Å². The molecule has 4 N–H and O–H groups in total. The van der Waals surface area contributed by atoms with Crippen molar-refractivity contribution in [2.24, 2.45) is 0 Å². The summed E-state index contributed by atoms with van der Waals surface area (Å²) in [5, 5.41) is 7.72. The standard InChI is InChI=1S/C12H15Cl2N3O2/c1-7(16-6-11(18)15-2)12(19)17-10-4-8(13)3-9(14)5-10/h3-5,7,16H,6H2,1-2H3,(H,15,18)(H,17,19)/p+1/t7-/m1/s1. The van der Waals surface area contributed by atoms with E-state index in [1.807, 2.05) is 0 Å². The maximum Gasteiger partial charge on any atom is 0.282 e. The first-order valence-corrected chi connectivity index (χ1v) is 6.49. The summed E-state index contributed by atoms with van der Waals surface area (Å²) in [7, 11) is 1.55. The third-order valence-corrected chi connectivity index (χ3v) is 2.92. The molecule has 0 radical (unpaired) electrons. The number of halogens is 2. The first kappa shape index (κ1) is 15.8. The molecule has 0 saturated carbocycles. The average Bonchev–Trinajstić information content (AvgIpc) is 2.33. The summed E-state index contributed by atoms with van der Waals surface area (Å²) >= 11 is 11.7. The minimum atomic E-state index is -0.393. The lowest BCUT2D eigenvalue weighted by molar-refractivity contribution is -0.662. The van der Waals surface area contributed by atoms with Crippen LogP contribution in [0.5, 0.6) is 0 Å². The van der Waals surface area contributed by atoms with Crippen LogP contribution in [-0.2, 0) is 9.59 Å². The second-order valence-corrected chi connectivity index (χ2v) is 4.92. The average molecular weight is 305 g/mol. The van der Waals surface area contributed by atoms with E-state index in [2.05, 4.69) is 10.6 Å². The Balaban J connectivity index is 2.56. The van der Waals surface area contributed by atoms with Crippen LogP contribution in [0.15, 0.2) is 18.2 Å². The van der Waals surface area contributed by atoms with Crippen LogP contribution < -0.4 is 16.0 Å². The Morgan fingerprint density at radius 2 is 1.84 bits per heavy atom. The molecule has 104 valence electrons. The molecule has 7 heteroatoms. The van der Waals surface area contributed by atoms with E-state index in [0.29, 0.717) is 15.7 Å². The van der Waals surface area contributed by atoms with Crippen molar-refractivity contribution in [3.63, 3.8) is 0 Å². The SMILES string of the molecule is CNC(=O)C[NH2+][C@H](C)C(=O)Nc1cc(Cl)cc(Cl)c1. The van der Waals surface area contributed by atoms with Crippen molar-refractivity contribution in [2.45, 2.75) is 13.0 Å². The normalized spacial score (nSPS) is 11.8. The van der Waals surface area contributed by atoms with E-state index in [1.165, 1.54) is 0 Å². The van der Waals surface area contributed by atoms with Gasteiger partial charge < -0.3 is 16.0 Å². The van der Waals surface area contributed by atoms with Crippen molar-refractivity contribution in [3.05, 3.63) is 28.2 Å². The van der Waals surface area contributed by atoms with Crippen molar-refractivity contribution < 1.29 is 14.9 Å². The molecule has 1 aromatic rings. The van der Waals surface area contributed by atoms with Crippen LogP contribution in [0.1, 0.15) is 6.92 Å². The highest BCUT2D eigenvalue weighted by Gasteiger charge is 2.17. The molecule has 0 unspecified atom stereocenters. The molecule has 0 aliphatic carbocycles. The van der Waals surface area contributed by atoms with Crippen LogP contribution in [0.4, 0.5) is 5.69 Å². The minimum Gasteiger partial charge on any atom is -0.354 e. The Bertz CT molecular complexity index is 460. The summed E-state index contributed by atoms with van der Waals surface area (Å²) in [6, 6.07) is 4.41. The number of likely N-dealkylation sites (N-methyl/N-ethyl adjacent to an activating group) is 1. The molecule has 0 saturated heterocycles. The second-order valence-electron chi connectivity index (χ2n) is 4.05. The number of nitrogens with one attached hydrogen (secondary N) is 2. The molecule has 0 heterocycles. The fourth-order valence-electron chi connectivity index (χ4n) is 1.38. The summed E-state index contributed by atoms with van der Waals surface area (Å²) in [4.78, 5) is 23.0. The smallest absolute Gasteiger partial charge is 0.282 e. The third kappa shape index (κ3) is 5.46. The summed E-state index contributed by atoms with van der Waals surface area (Å²) in [5.74, 6) is -0.354. The van der Waals surface area contributed by atoms with Gasteiger partial charge in [0.15, 0.2) is 12.6 Å². The number of hydrogen-bond donors (Lipinski definition) is 3. The molecule has 2 amide bonds. The topological polar surface area (TPSA) is 74.8 Å². The predicted molar refractivity (Wildman–Crippen MR) is 75.4 cm³/mol. The van der Waals surface area contributed by atoms with Gasteiger partial charge in [-0.15, -0.1) is 0 Å². The number of amides is 2. The largest absolute Gasteiger partial charge is 0.354 e. The molecular weight excluding hydrogens is 289 g/mol. The van der Waals surface area contributed by atoms with Gasteiger partial charge in [0, 0.05) is 22.8 Å². The van der Waals surface area contributed by atoms with Gasteiger partial charge in [-0.25, -0.2) is 0 Å². The van der Waals surface area contributed by atoms with Gasteiger partial charge in [-0.2, -0.15) is 0 Å². The van der Waals surface area contributed by atoms with E-state index < -0.39 is 6.04 Å². The highest BCUT2D eigenvalue weighted by molar-refractivity contribution is 6.35. The summed E-state index contributed by atoms with van der Waals surface area (Å²) < 4.78 is 0. The third-order valence-electron chi connectivity index (χ3n) is 2.48. The van der Waals surface area contributed by atoms with Gasteiger partial charge in [-0.05, 0) is 25.1 Å². The Morgan fingerprint density at radius 3 is 2.37 bits per heavy atom. The number of benzene rings is 1. The highest BCUT2D eigenvalue weighted by Crippen LogP contribution is 2.22. The first-order chi connectivity index (χ1) is 8.92. The summed E-state index contributed by atoms with van der Waals surface area (Å²) in [6.45, 7) is 1.91. The lowest BCUT2D eigenvalue weighted by Gasteiger charge is -2.11. The Labute approximate surface area is 121 Å². The zero-order valence-corrected chi connectivity index (χ0v) is 12.2. The highest BCUT2D eigenvalue weighted by atomic mass is 35.5. The van der Waals surface area contributed by atoms with E-state index in [0.717, 1.165) is 0 Å². The summed E-state index contributed by atoms with van der Waals surface area (Å²) in [5.41, 5.74) is 0.530. The summed E-state index contributed by atoms with van der Waals surface area (Å²) in [6.07, 6.45) is 0. The monoisotopic (exact) mass is 304 g/mol. The Hall–Kier alpha value is -1.30. The van der Waals surface area contributed by atoms with Crippen LogP contribution in [-0.4, -0.2) is 31.4 Å². The van der Waals surface area contributed by atoms with Crippen molar-refractivity contribution in [2.75, 3.05) is 18.9 Å². The van der Waals surface area contributed by atoms with Gasteiger partial charge >= 0.3 is 0 Å². The van der Waals surface area contributed by atoms with Crippen LogP contribution in [0.3, 0.4) is 0 Å². The van der Waals surface area contributed by atoms with Crippen LogP contribution in [0, 0.1) is 0 Å². The van der Waals surface area contributed by atoms with E-state index in [1.54, 1.807) is 37.5 Å². The molecule has 19 heavy (non-hydrogen) atoms. The predicted octanol–water partition coefficient (Wildman–Crippen LogP) is 0.630. The van der Waals surface area contributed by atoms with E-state index in [-0.39, 0.29) is 18.4 Å². The quantitative estimate of drug-likeness (QED) is 0.746. The van der Waals surface area contributed by atoms with Crippen LogP contribution in [0.25, 0.3) is 0 Å². The van der Waals surface area contributed by atoms with Crippen molar-refractivity contribution in [1.82, 2.24) is 5.32 Å². The number of anilines is 1. The molecule has 0 aromatic heterocycles. The fourth-order valence-corrected chi connectivity index (χ4v) is 1.90. The molecule has 0 bridgehead atoms. The molecule has 0 aliphatic rings. The van der Waals surface area contributed by atoms with Crippen LogP contribution in [0.2, 0.25) is 10.0 Å². The molecule has 0 fully saturated rings. The van der Waals surface area contributed by atoms with Gasteiger partial charge in [0.2, 0.25) is 0 Å². The number of carbonyl (C=O) groups excluding carboxylic acids is 2. The molecule has 1 aromatic carbocycles. The zero-order valence-electron chi connectivity index (χ0n) is 10.7. The molecule has 1 atom stereocenters. The molecule has 5 nitrogen and oxygen atoms in total. The van der Waals surface area contributed by atoms with E-state index >= 15 is 0 Å². The number of rotatable bonds is 5. The van der Waals surface area contributed by atoms with Crippen molar-refractivity contribution in [3.8, 4) is 0 Å². The van der Waals surface area contributed by atoms with E-state index in [4.69, 9.17) is 23.2 Å². The van der Waals surface area contributed by atoms with Gasteiger partial charge in [0.05, 0.1) is 0 Å². The lowest BCUT2D eigenvalue weighted by atomic mass is 10.2. The zero-order chi connectivity index (χ0) is 14.4. The number of quaternary nitrogens is 1. The maximum atomic E-state index is 11.9. The number of carbonyl (C=O) groups is 2. The lowest BCUT2D eigenvalue weighted by Crippen LogP contribution is -2.93. The fraction of sp³-hybridized carbons (Fsp3) is 0.333.